The number of benzene rings is 1. The van der Waals surface area contributed by atoms with Crippen LogP contribution in [0.15, 0.2) is 23.1 Å². The van der Waals surface area contributed by atoms with Gasteiger partial charge in [0.2, 0.25) is 10.0 Å². The van der Waals surface area contributed by atoms with Crippen molar-refractivity contribution < 1.29 is 8.42 Å². The van der Waals surface area contributed by atoms with E-state index in [4.69, 9.17) is 5.73 Å². The Hall–Kier alpha value is -0.920. The van der Waals surface area contributed by atoms with E-state index in [1.54, 1.807) is 30.0 Å². The van der Waals surface area contributed by atoms with E-state index < -0.39 is 10.0 Å². The number of rotatable bonds is 6. The molecule has 5 nitrogen and oxygen atoms in total. The van der Waals surface area contributed by atoms with E-state index in [0.29, 0.717) is 6.04 Å². The molecule has 1 unspecified atom stereocenters. The standard InChI is InChI=1S/C12H21N3O2S2/c1-9(8-18-4)15(3)10-5-6-12(11(13)7-10)19(16,17)14-2/h5-7,9,14H,8,13H2,1-4H3. The second kappa shape index (κ2) is 6.49. The summed E-state index contributed by atoms with van der Waals surface area (Å²) >= 11 is 1.77. The second-order valence-corrected chi connectivity index (χ2v) is 7.11. The van der Waals surface area contributed by atoms with Crippen LogP contribution in [0, 0.1) is 0 Å². The topological polar surface area (TPSA) is 75.4 Å². The summed E-state index contributed by atoms with van der Waals surface area (Å²) in [5.41, 5.74) is 7.01. The van der Waals surface area contributed by atoms with Crippen LogP contribution in [0.5, 0.6) is 0 Å². The Kier molecular flexibility index (Phi) is 5.51. The van der Waals surface area contributed by atoms with Gasteiger partial charge in [-0.3, -0.25) is 0 Å². The number of nitrogens with one attached hydrogen (secondary N) is 1. The molecule has 1 rings (SSSR count). The van der Waals surface area contributed by atoms with Crippen molar-refractivity contribution in [2.45, 2.75) is 17.9 Å². The number of hydrogen-bond acceptors (Lipinski definition) is 5. The van der Waals surface area contributed by atoms with Gasteiger partial charge >= 0.3 is 0 Å². The van der Waals surface area contributed by atoms with Crippen LogP contribution in [0.4, 0.5) is 11.4 Å². The summed E-state index contributed by atoms with van der Waals surface area (Å²) in [6.45, 7) is 2.12. The SMILES string of the molecule is CNS(=O)(=O)c1ccc(N(C)C(C)CSC)cc1N. The number of nitrogens with zero attached hydrogens (tertiary/aromatic N) is 1. The molecular formula is C12H21N3O2S2. The normalized spacial score (nSPS) is 13.3. The third kappa shape index (κ3) is 3.77. The van der Waals surface area contributed by atoms with Gasteiger partial charge in [0.15, 0.2) is 0 Å². The first-order valence-corrected chi connectivity index (χ1v) is 8.76. The third-order valence-corrected chi connectivity index (χ3v) is 5.33. The second-order valence-electron chi connectivity index (χ2n) is 4.34. The molecule has 0 aromatic heterocycles. The third-order valence-electron chi connectivity index (χ3n) is 3.03. The minimum atomic E-state index is -3.50. The van der Waals surface area contributed by atoms with Crippen molar-refractivity contribution in [2.24, 2.45) is 0 Å². The van der Waals surface area contributed by atoms with E-state index in [0.717, 1.165) is 11.4 Å². The maximum absolute atomic E-state index is 11.7. The van der Waals surface area contributed by atoms with Crippen LogP contribution in [0.2, 0.25) is 0 Å². The van der Waals surface area contributed by atoms with Crippen LogP contribution in [0.25, 0.3) is 0 Å². The van der Waals surface area contributed by atoms with Gasteiger partial charge in [-0.2, -0.15) is 11.8 Å². The van der Waals surface area contributed by atoms with Crippen LogP contribution >= 0.6 is 11.8 Å². The summed E-state index contributed by atoms with van der Waals surface area (Å²) in [7, 11) is -0.155. The summed E-state index contributed by atoms with van der Waals surface area (Å²) in [6.07, 6.45) is 2.06. The van der Waals surface area contributed by atoms with Crippen molar-refractivity contribution in [3.05, 3.63) is 18.2 Å². The molecule has 0 aliphatic heterocycles. The van der Waals surface area contributed by atoms with Crippen molar-refractivity contribution in [3.63, 3.8) is 0 Å². The molecule has 0 fully saturated rings. The van der Waals surface area contributed by atoms with Crippen LogP contribution in [0.3, 0.4) is 0 Å². The first-order chi connectivity index (χ1) is 8.83. The highest BCUT2D eigenvalue weighted by molar-refractivity contribution is 7.98. The van der Waals surface area contributed by atoms with Gasteiger partial charge in [0.05, 0.1) is 5.69 Å². The number of nitrogen functional groups attached to an aromatic ring is 1. The lowest BCUT2D eigenvalue weighted by molar-refractivity contribution is 0.588. The van der Waals surface area contributed by atoms with Crippen LogP contribution in [-0.4, -0.2) is 40.6 Å². The zero-order valence-corrected chi connectivity index (χ0v) is 13.3. The van der Waals surface area contributed by atoms with Gasteiger partial charge in [-0.1, -0.05) is 0 Å². The molecule has 1 aromatic carbocycles. The summed E-state index contributed by atoms with van der Waals surface area (Å²) in [5, 5.41) is 0. The van der Waals surface area contributed by atoms with E-state index in [1.807, 2.05) is 7.05 Å². The average Bonchev–Trinajstić information content (AvgIpc) is 2.37. The average molecular weight is 303 g/mol. The Labute approximate surface area is 119 Å². The van der Waals surface area contributed by atoms with Crippen molar-refractivity contribution in [1.82, 2.24) is 4.72 Å². The molecule has 3 N–H and O–H groups in total. The molecule has 1 aromatic rings. The Morgan fingerprint density at radius 3 is 2.58 bits per heavy atom. The summed E-state index contributed by atoms with van der Waals surface area (Å²) in [4.78, 5) is 2.20. The molecule has 19 heavy (non-hydrogen) atoms. The highest BCUT2D eigenvalue weighted by Gasteiger charge is 2.17. The predicted octanol–water partition coefficient (Wildman–Crippen LogP) is 1.36. The molecule has 0 bridgehead atoms. The minimum Gasteiger partial charge on any atom is -0.398 e. The van der Waals surface area contributed by atoms with Gasteiger partial charge in [-0.15, -0.1) is 0 Å². The molecule has 108 valence electrons. The van der Waals surface area contributed by atoms with E-state index in [2.05, 4.69) is 22.8 Å². The fraction of sp³-hybridized carbons (Fsp3) is 0.500. The molecule has 0 aliphatic carbocycles. The highest BCUT2D eigenvalue weighted by Crippen LogP contribution is 2.25. The molecule has 0 heterocycles. The summed E-state index contributed by atoms with van der Waals surface area (Å²) in [6, 6.07) is 5.36. The van der Waals surface area contributed by atoms with Crippen molar-refractivity contribution >= 4 is 33.2 Å². The zero-order chi connectivity index (χ0) is 14.6. The smallest absolute Gasteiger partial charge is 0.242 e. The van der Waals surface area contributed by atoms with Gasteiger partial charge in [-0.25, -0.2) is 13.1 Å². The highest BCUT2D eigenvalue weighted by atomic mass is 32.2. The number of hydrogen-bond donors (Lipinski definition) is 2. The van der Waals surface area contributed by atoms with Gasteiger partial charge in [0.1, 0.15) is 4.90 Å². The lowest BCUT2D eigenvalue weighted by atomic mass is 10.2. The predicted molar refractivity (Wildman–Crippen MR) is 83.3 cm³/mol. The molecule has 0 saturated carbocycles. The molecule has 0 spiro atoms. The number of thioether (sulfide) groups is 1. The minimum absolute atomic E-state index is 0.115. The molecule has 0 aliphatic rings. The van der Waals surface area contributed by atoms with E-state index >= 15 is 0 Å². The first kappa shape index (κ1) is 16.1. The molecule has 7 heteroatoms. The monoisotopic (exact) mass is 303 g/mol. The fourth-order valence-corrected chi connectivity index (χ4v) is 3.26. The fourth-order valence-electron chi connectivity index (χ4n) is 1.72. The first-order valence-electron chi connectivity index (χ1n) is 5.88. The van der Waals surface area contributed by atoms with Crippen LogP contribution in [-0.2, 0) is 10.0 Å². The lowest BCUT2D eigenvalue weighted by Gasteiger charge is -2.27. The molecule has 0 amide bonds. The zero-order valence-electron chi connectivity index (χ0n) is 11.7. The van der Waals surface area contributed by atoms with Gasteiger partial charge in [-0.05, 0) is 38.4 Å². The van der Waals surface area contributed by atoms with Crippen molar-refractivity contribution in [1.29, 1.82) is 0 Å². The van der Waals surface area contributed by atoms with Gasteiger partial charge in [0, 0.05) is 24.5 Å². The molecule has 0 saturated heterocycles. The molecule has 0 radical (unpaired) electrons. The summed E-state index contributed by atoms with van der Waals surface area (Å²) in [5.74, 6) is 0.993. The van der Waals surface area contributed by atoms with Gasteiger partial charge in [0.25, 0.3) is 0 Å². The van der Waals surface area contributed by atoms with Crippen LogP contribution in [0.1, 0.15) is 6.92 Å². The maximum Gasteiger partial charge on any atom is 0.242 e. The quantitative estimate of drug-likeness (QED) is 0.776. The molecule has 1 atom stereocenters. The van der Waals surface area contributed by atoms with Crippen LogP contribution < -0.4 is 15.4 Å². The van der Waals surface area contributed by atoms with Crippen molar-refractivity contribution in [3.8, 4) is 0 Å². The lowest BCUT2D eigenvalue weighted by Crippen LogP contribution is -2.31. The Bertz CT molecular complexity index is 532. The molecular weight excluding hydrogens is 282 g/mol. The van der Waals surface area contributed by atoms with Crippen molar-refractivity contribution in [2.75, 3.05) is 36.7 Å². The number of anilines is 2. The number of nitrogens with two attached hydrogens (primary N) is 1. The Morgan fingerprint density at radius 2 is 2.11 bits per heavy atom. The summed E-state index contributed by atoms with van der Waals surface area (Å²) < 4.78 is 25.7. The van der Waals surface area contributed by atoms with E-state index in [9.17, 15) is 8.42 Å². The maximum atomic E-state index is 11.7. The van der Waals surface area contributed by atoms with E-state index in [1.165, 1.54) is 7.05 Å². The number of sulfonamides is 1. The van der Waals surface area contributed by atoms with E-state index in [-0.39, 0.29) is 10.6 Å². The Morgan fingerprint density at radius 1 is 1.47 bits per heavy atom. The van der Waals surface area contributed by atoms with Gasteiger partial charge < -0.3 is 10.6 Å². The largest absolute Gasteiger partial charge is 0.398 e. The Balaban J connectivity index is 3.07.